The minimum atomic E-state index is -0.742. The molecule has 1 N–H and O–H groups in total. The number of methoxy groups -OCH3 is 1. The molecule has 2 aliphatic rings. The van der Waals surface area contributed by atoms with Crippen LogP contribution in [0.15, 0.2) is 41.8 Å². The molecule has 6 heteroatoms. The summed E-state index contributed by atoms with van der Waals surface area (Å²) in [5, 5.41) is 12.2. The van der Waals surface area contributed by atoms with Crippen molar-refractivity contribution in [1.29, 1.82) is 0 Å². The zero-order valence-corrected chi connectivity index (χ0v) is 16.1. The number of hydrogen-bond acceptors (Lipinski definition) is 6. The Morgan fingerprint density at radius 1 is 1.15 bits per heavy atom. The number of aromatic nitrogens is 2. The topological polar surface area (TPSA) is 58.5 Å². The van der Waals surface area contributed by atoms with Gasteiger partial charge >= 0.3 is 0 Å². The predicted octanol–water partition coefficient (Wildman–Crippen LogP) is 3.22. The summed E-state index contributed by atoms with van der Waals surface area (Å²) in [6, 6.07) is 8.69. The first-order chi connectivity index (χ1) is 12.6. The van der Waals surface area contributed by atoms with Gasteiger partial charge in [0.1, 0.15) is 5.75 Å². The molecule has 0 amide bonds. The summed E-state index contributed by atoms with van der Waals surface area (Å²) >= 11 is 1.56. The lowest BCUT2D eigenvalue weighted by molar-refractivity contribution is -0.0595. The van der Waals surface area contributed by atoms with Gasteiger partial charge in [0.15, 0.2) is 5.16 Å². The quantitative estimate of drug-likeness (QED) is 0.643. The fourth-order valence-electron chi connectivity index (χ4n) is 4.45. The lowest BCUT2D eigenvalue weighted by Gasteiger charge is -2.44. The SMILES string of the molecule is COc1ccc(C2(O)C[C@H]3CC[C@@H](C2)N3Cc2cnc(SC)nc2)cc1. The maximum Gasteiger partial charge on any atom is 0.187 e. The Labute approximate surface area is 158 Å². The van der Waals surface area contributed by atoms with Gasteiger partial charge in [-0.05, 0) is 49.6 Å². The fourth-order valence-corrected chi connectivity index (χ4v) is 4.77. The number of aliphatic hydroxyl groups is 1. The van der Waals surface area contributed by atoms with E-state index in [-0.39, 0.29) is 0 Å². The minimum absolute atomic E-state index is 0.404. The normalized spacial score (nSPS) is 28.3. The number of thioether (sulfide) groups is 1. The Morgan fingerprint density at radius 3 is 2.31 bits per heavy atom. The molecule has 5 nitrogen and oxygen atoms in total. The zero-order valence-electron chi connectivity index (χ0n) is 15.3. The summed E-state index contributed by atoms with van der Waals surface area (Å²) in [5.41, 5.74) is 1.41. The Bertz CT molecular complexity index is 737. The van der Waals surface area contributed by atoms with Crippen LogP contribution in [0.25, 0.3) is 0 Å². The second-order valence-corrected chi connectivity index (χ2v) is 8.08. The summed E-state index contributed by atoms with van der Waals surface area (Å²) in [6.07, 6.45) is 9.70. The molecule has 1 unspecified atom stereocenters. The highest BCUT2D eigenvalue weighted by Crippen LogP contribution is 2.46. The number of benzene rings is 1. The molecular formula is C20H25N3O2S. The Hall–Kier alpha value is -1.63. The zero-order chi connectivity index (χ0) is 18.1. The molecule has 2 fully saturated rings. The molecule has 3 atom stereocenters. The molecule has 3 heterocycles. The third-order valence-electron chi connectivity index (χ3n) is 5.77. The molecule has 1 aromatic heterocycles. The number of fused-ring (bicyclic) bond motifs is 2. The van der Waals surface area contributed by atoms with Gasteiger partial charge in [-0.25, -0.2) is 9.97 Å². The fraction of sp³-hybridized carbons (Fsp3) is 0.500. The van der Waals surface area contributed by atoms with Gasteiger partial charge in [-0.1, -0.05) is 23.9 Å². The monoisotopic (exact) mass is 371 g/mol. The predicted molar refractivity (Wildman–Crippen MR) is 102 cm³/mol. The first-order valence-corrected chi connectivity index (χ1v) is 10.3. The molecule has 0 radical (unpaired) electrons. The van der Waals surface area contributed by atoms with E-state index in [1.54, 1.807) is 18.9 Å². The maximum absolute atomic E-state index is 11.3. The number of nitrogens with zero attached hydrogens (tertiary/aromatic N) is 3. The van der Waals surface area contributed by atoms with Gasteiger partial charge in [-0.15, -0.1) is 0 Å². The average molecular weight is 372 g/mol. The molecule has 26 heavy (non-hydrogen) atoms. The van der Waals surface area contributed by atoms with E-state index in [1.807, 2.05) is 42.9 Å². The third-order valence-corrected chi connectivity index (χ3v) is 6.35. The van der Waals surface area contributed by atoms with Gasteiger partial charge in [-0.3, -0.25) is 4.90 Å². The van der Waals surface area contributed by atoms with Crippen molar-refractivity contribution >= 4 is 11.8 Å². The molecule has 0 saturated carbocycles. The first kappa shape index (κ1) is 17.8. The van der Waals surface area contributed by atoms with Crippen molar-refractivity contribution in [3.05, 3.63) is 47.8 Å². The smallest absolute Gasteiger partial charge is 0.187 e. The van der Waals surface area contributed by atoms with Gasteiger partial charge in [0.05, 0.1) is 12.7 Å². The van der Waals surface area contributed by atoms with Crippen LogP contribution >= 0.6 is 11.8 Å². The van der Waals surface area contributed by atoms with Crippen LogP contribution in [0.1, 0.15) is 36.8 Å². The number of rotatable bonds is 5. The highest BCUT2D eigenvalue weighted by Gasteiger charge is 2.48. The van der Waals surface area contributed by atoms with Crippen LogP contribution in [-0.4, -0.2) is 45.4 Å². The second kappa shape index (κ2) is 7.18. The lowest BCUT2D eigenvalue weighted by Crippen LogP contribution is -2.49. The van der Waals surface area contributed by atoms with Crippen LogP contribution in [0.3, 0.4) is 0 Å². The van der Waals surface area contributed by atoms with Crippen molar-refractivity contribution in [2.24, 2.45) is 0 Å². The highest BCUT2D eigenvalue weighted by atomic mass is 32.2. The summed E-state index contributed by atoms with van der Waals surface area (Å²) in [4.78, 5) is 11.3. The van der Waals surface area contributed by atoms with E-state index in [0.717, 1.165) is 54.3 Å². The summed E-state index contributed by atoms with van der Waals surface area (Å²) in [6.45, 7) is 0.864. The van der Waals surface area contributed by atoms with Gasteiger partial charge < -0.3 is 9.84 Å². The molecular weight excluding hydrogens is 346 g/mol. The number of piperidine rings is 1. The van der Waals surface area contributed by atoms with E-state index in [4.69, 9.17) is 4.74 Å². The molecule has 2 aliphatic heterocycles. The van der Waals surface area contributed by atoms with E-state index < -0.39 is 5.60 Å². The van der Waals surface area contributed by atoms with Crippen molar-refractivity contribution in [2.75, 3.05) is 13.4 Å². The van der Waals surface area contributed by atoms with E-state index in [9.17, 15) is 5.11 Å². The first-order valence-electron chi connectivity index (χ1n) is 9.09. The van der Waals surface area contributed by atoms with Crippen LogP contribution in [-0.2, 0) is 12.1 Å². The van der Waals surface area contributed by atoms with Crippen LogP contribution < -0.4 is 4.74 Å². The van der Waals surface area contributed by atoms with Crippen molar-refractivity contribution in [3.63, 3.8) is 0 Å². The number of hydrogen-bond donors (Lipinski definition) is 1. The van der Waals surface area contributed by atoms with Crippen molar-refractivity contribution in [1.82, 2.24) is 14.9 Å². The summed E-state index contributed by atoms with van der Waals surface area (Å²) < 4.78 is 5.24. The average Bonchev–Trinajstić information content (AvgIpc) is 2.92. The Kier molecular flexibility index (Phi) is 4.90. The molecule has 2 aromatic rings. The molecule has 0 aliphatic carbocycles. The van der Waals surface area contributed by atoms with Crippen LogP contribution in [0.2, 0.25) is 0 Å². The van der Waals surface area contributed by atoms with Crippen molar-refractivity contribution < 1.29 is 9.84 Å². The molecule has 0 spiro atoms. The highest BCUT2D eigenvalue weighted by molar-refractivity contribution is 7.98. The van der Waals surface area contributed by atoms with Gasteiger partial charge in [0.2, 0.25) is 0 Å². The molecule has 1 aromatic carbocycles. The second-order valence-electron chi connectivity index (χ2n) is 7.30. The van der Waals surface area contributed by atoms with E-state index in [2.05, 4.69) is 14.9 Å². The molecule has 2 saturated heterocycles. The van der Waals surface area contributed by atoms with Gasteiger partial charge in [-0.2, -0.15) is 0 Å². The Morgan fingerprint density at radius 2 is 1.77 bits per heavy atom. The largest absolute Gasteiger partial charge is 0.497 e. The van der Waals surface area contributed by atoms with Crippen LogP contribution in [0.4, 0.5) is 0 Å². The summed E-state index contributed by atoms with van der Waals surface area (Å²) in [7, 11) is 1.66. The standard InChI is InChI=1S/C20H25N3O2S/c1-25-18-7-3-15(4-8-18)20(24)9-16-5-6-17(10-20)23(16)13-14-11-21-19(26-2)22-12-14/h3-4,7-8,11-12,16-17,24H,5-6,9-10,13H2,1-2H3/t16-,17+,20?. The summed E-state index contributed by atoms with van der Waals surface area (Å²) in [5.74, 6) is 0.825. The molecule has 2 bridgehead atoms. The maximum atomic E-state index is 11.3. The number of ether oxygens (including phenoxy) is 1. The van der Waals surface area contributed by atoms with Crippen molar-refractivity contribution in [2.45, 2.75) is 55.1 Å². The van der Waals surface area contributed by atoms with Crippen LogP contribution in [0, 0.1) is 0 Å². The van der Waals surface area contributed by atoms with Crippen LogP contribution in [0.5, 0.6) is 5.75 Å². The minimum Gasteiger partial charge on any atom is -0.497 e. The van der Waals surface area contributed by atoms with E-state index >= 15 is 0 Å². The molecule has 4 rings (SSSR count). The van der Waals surface area contributed by atoms with E-state index in [1.165, 1.54) is 0 Å². The third kappa shape index (κ3) is 3.33. The Balaban J connectivity index is 1.49. The lowest BCUT2D eigenvalue weighted by atomic mass is 9.80. The van der Waals surface area contributed by atoms with Crippen molar-refractivity contribution in [3.8, 4) is 5.75 Å². The molecule has 138 valence electrons. The van der Waals surface area contributed by atoms with E-state index in [0.29, 0.717) is 12.1 Å². The van der Waals surface area contributed by atoms with Gasteiger partial charge in [0.25, 0.3) is 0 Å². The van der Waals surface area contributed by atoms with Gasteiger partial charge in [0, 0.05) is 36.6 Å².